The summed E-state index contributed by atoms with van der Waals surface area (Å²) in [4.78, 5) is 26.9. The molecule has 0 aliphatic rings. The van der Waals surface area contributed by atoms with Crippen molar-refractivity contribution in [1.82, 2.24) is 0 Å². The number of rotatable bonds is 4. The third kappa shape index (κ3) is 3.31. The van der Waals surface area contributed by atoms with Crippen LogP contribution >= 0.6 is 0 Å². The van der Waals surface area contributed by atoms with E-state index < -0.39 is 0 Å². The Kier molecular flexibility index (Phi) is 4.17. The van der Waals surface area contributed by atoms with Gasteiger partial charge in [0.25, 0.3) is 0 Å². The summed E-state index contributed by atoms with van der Waals surface area (Å²) in [7, 11) is 0. The van der Waals surface area contributed by atoms with Crippen molar-refractivity contribution < 1.29 is 9.59 Å². The average molecular weight is 202 g/mol. The third-order valence-corrected chi connectivity index (χ3v) is 2.07. The van der Waals surface area contributed by atoms with Gasteiger partial charge in [-0.25, -0.2) is 14.6 Å². The highest BCUT2D eigenvalue weighted by Crippen LogP contribution is 2.19. The number of nitrogens with zero attached hydrogens (tertiary/aromatic N) is 2. The fourth-order valence-electron chi connectivity index (χ4n) is 1.21. The van der Waals surface area contributed by atoms with Crippen LogP contribution in [0.3, 0.4) is 0 Å². The molecule has 1 unspecified atom stereocenters. The van der Waals surface area contributed by atoms with Gasteiger partial charge in [-0.3, -0.25) is 0 Å². The molecular formula is C11H10N2O2. The first-order valence-corrected chi connectivity index (χ1v) is 4.49. The molecular weight excluding hydrogens is 192 g/mol. The second kappa shape index (κ2) is 5.66. The zero-order chi connectivity index (χ0) is 11.1. The van der Waals surface area contributed by atoms with E-state index in [2.05, 4.69) is 9.98 Å². The van der Waals surface area contributed by atoms with E-state index in [9.17, 15) is 9.59 Å². The highest BCUT2D eigenvalue weighted by Gasteiger charge is 2.03. The van der Waals surface area contributed by atoms with E-state index in [1.807, 2.05) is 19.1 Å². The van der Waals surface area contributed by atoms with E-state index in [0.29, 0.717) is 12.2 Å². The number of hydrogen-bond acceptors (Lipinski definition) is 4. The monoisotopic (exact) mass is 202 g/mol. The number of benzene rings is 1. The average Bonchev–Trinajstić information content (AvgIpc) is 2.27. The molecule has 0 bridgehead atoms. The normalized spacial score (nSPS) is 11.0. The Hall–Kier alpha value is -2.02. The summed E-state index contributed by atoms with van der Waals surface area (Å²) < 4.78 is 0. The van der Waals surface area contributed by atoms with E-state index in [-0.39, 0.29) is 5.92 Å². The van der Waals surface area contributed by atoms with E-state index in [0.717, 1.165) is 5.56 Å². The zero-order valence-corrected chi connectivity index (χ0v) is 8.30. The lowest BCUT2D eigenvalue weighted by Gasteiger charge is -2.07. The first-order chi connectivity index (χ1) is 7.27. The van der Waals surface area contributed by atoms with Crippen LogP contribution in [0, 0.1) is 0 Å². The lowest BCUT2D eigenvalue weighted by molar-refractivity contribution is 0.561. The van der Waals surface area contributed by atoms with Gasteiger partial charge in [-0.15, -0.1) is 0 Å². The van der Waals surface area contributed by atoms with Gasteiger partial charge in [0.15, 0.2) is 0 Å². The number of aliphatic imine (C=N–C) groups is 2. The van der Waals surface area contributed by atoms with E-state index >= 15 is 0 Å². The summed E-state index contributed by atoms with van der Waals surface area (Å²) in [5.74, 6) is 0.153. The fourth-order valence-corrected chi connectivity index (χ4v) is 1.21. The molecule has 76 valence electrons. The predicted octanol–water partition coefficient (Wildman–Crippen LogP) is 2.09. The summed E-state index contributed by atoms with van der Waals surface area (Å²) in [5, 5.41) is 0. The molecule has 0 aliphatic carbocycles. The Labute approximate surface area is 87.4 Å². The first-order valence-electron chi connectivity index (χ1n) is 4.49. The van der Waals surface area contributed by atoms with Crippen LogP contribution in [0.25, 0.3) is 0 Å². The molecule has 0 amide bonds. The molecule has 0 radical (unpaired) electrons. The van der Waals surface area contributed by atoms with Crippen LogP contribution in [0.15, 0.2) is 34.3 Å². The molecule has 1 aromatic rings. The molecule has 0 aromatic heterocycles. The smallest absolute Gasteiger partial charge is 0.211 e. The van der Waals surface area contributed by atoms with Gasteiger partial charge in [-0.2, -0.15) is 4.99 Å². The Bertz CT molecular complexity index is 413. The highest BCUT2D eigenvalue weighted by molar-refractivity contribution is 5.49. The van der Waals surface area contributed by atoms with Crippen molar-refractivity contribution in [3.8, 4) is 0 Å². The van der Waals surface area contributed by atoms with Crippen LogP contribution < -0.4 is 0 Å². The van der Waals surface area contributed by atoms with Crippen LogP contribution in [-0.2, 0) is 9.59 Å². The van der Waals surface area contributed by atoms with Crippen molar-refractivity contribution in [1.29, 1.82) is 0 Å². The van der Waals surface area contributed by atoms with Crippen molar-refractivity contribution in [3.05, 3.63) is 29.8 Å². The molecule has 4 nitrogen and oxygen atoms in total. The standard InChI is InChI=1S/C11H10N2O2/c1-9(6-12-7-14)10-2-4-11(5-3-10)13-8-15/h2-5,9H,6H2,1H3. The van der Waals surface area contributed by atoms with E-state index in [1.165, 1.54) is 12.2 Å². The molecule has 0 heterocycles. The molecule has 1 atom stereocenters. The van der Waals surface area contributed by atoms with Gasteiger partial charge in [0.1, 0.15) is 0 Å². The largest absolute Gasteiger partial charge is 0.240 e. The lowest BCUT2D eigenvalue weighted by Crippen LogP contribution is -1.96. The van der Waals surface area contributed by atoms with E-state index in [1.54, 1.807) is 12.1 Å². The highest BCUT2D eigenvalue weighted by atomic mass is 16.1. The zero-order valence-electron chi connectivity index (χ0n) is 8.30. The van der Waals surface area contributed by atoms with Crippen molar-refractivity contribution in [2.45, 2.75) is 12.8 Å². The summed E-state index contributed by atoms with van der Waals surface area (Å²) >= 11 is 0. The SMILES string of the molecule is CC(CN=C=O)c1ccc(N=C=O)cc1. The molecule has 0 fully saturated rings. The van der Waals surface area contributed by atoms with Gasteiger partial charge in [-0.05, 0) is 17.7 Å². The number of hydrogen-bond donors (Lipinski definition) is 0. The first kappa shape index (κ1) is 11.1. The minimum absolute atomic E-state index is 0.153. The molecule has 4 heteroatoms. The second-order valence-corrected chi connectivity index (χ2v) is 3.13. The maximum absolute atomic E-state index is 9.98. The molecule has 1 rings (SSSR count). The van der Waals surface area contributed by atoms with Gasteiger partial charge in [0.05, 0.1) is 12.2 Å². The Morgan fingerprint density at radius 1 is 1.20 bits per heavy atom. The lowest BCUT2D eigenvalue weighted by atomic mass is 10.0. The molecule has 0 N–H and O–H groups in total. The maximum Gasteiger partial charge on any atom is 0.240 e. The number of carbonyl (C=O) groups excluding carboxylic acids is 2. The Morgan fingerprint density at radius 3 is 2.40 bits per heavy atom. The Morgan fingerprint density at radius 2 is 1.87 bits per heavy atom. The third-order valence-electron chi connectivity index (χ3n) is 2.07. The van der Waals surface area contributed by atoms with Crippen LogP contribution in [0.2, 0.25) is 0 Å². The quantitative estimate of drug-likeness (QED) is 0.554. The van der Waals surface area contributed by atoms with Crippen molar-refractivity contribution in [2.75, 3.05) is 6.54 Å². The summed E-state index contributed by atoms with van der Waals surface area (Å²) in [6.07, 6.45) is 2.98. The minimum Gasteiger partial charge on any atom is -0.211 e. The molecule has 0 spiro atoms. The van der Waals surface area contributed by atoms with Crippen LogP contribution in [-0.4, -0.2) is 18.7 Å². The van der Waals surface area contributed by atoms with Crippen LogP contribution in [0.5, 0.6) is 0 Å². The summed E-state index contributed by atoms with van der Waals surface area (Å²) in [5.41, 5.74) is 1.61. The number of isocyanates is 2. The predicted molar refractivity (Wildman–Crippen MR) is 55.6 cm³/mol. The molecule has 0 aliphatic heterocycles. The van der Waals surface area contributed by atoms with Crippen LogP contribution in [0.1, 0.15) is 18.4 Å². The van der Waals surface area contributed by atoms with Gasteiger partial charge in [0.2, 0.25) is 12.2 Å². The summed E-state index contributed by atoms with van der Waals surface area (Å²) in [6, 6.07) is 7.14. The van der Waals surface area contributed by atoms with Crippen molar-refractivity contribution in [3.63, 3.8) is 0 Å². The maximum atomic E-state index is 9.98. The second-order valence-electron chi connectivity index (χ2n) is 3.13. The van der Waals surface area contributed by atoms with Gasteiger partial charge >= 0.3 is 0 Å². The van der Waals surface area contributed by atoms with Gasteiger partial charge < -0.3 is 0 Å². The van der Waals surface area contributed by atoms with Gasteiger partial charge in [0, 0.05) is 5.92 Å². The van der Waals surface area contributed by atoms with Crippen molar-refractivity contribution >= 4 is 17.8 Å². The molecule has 0 saturated heterocycles. The summed E-state index contributed by atoms with van der Waals surface area (Å²) in [6.45, 7) is 2.37. The van der Waals surface area contributed by atoms with Gasteiger partial charge in [-0.1, -0.05) is 19.1 Å². The molecule has 0 saturated carbocycles. The molecule has 1 aromatic carbocycles. The minimum atomic E-state index is 0.153. The van der Waals surface area contributed by atoms with Crippen LogP contribution in [0.4, 0.5) is 5.69 Å². The fraction of sp³-hybridized carbons (Fsp3) is 0.273. The Balaban J connectivity index is 2.78. The molecule has 15 heavy (non-hydrogen) atoms. The van der Waals surface area contributed by atoms with Crippen molar-refractivity contribution in [2.24, 2.45) is 9.98 Å². The van der Waals surface area contributed by atoms with E-state index in [4.69, 9.17) is 0 Å². The topological polar surface area (TPSA) is 58.9 Å².